The van der Waals surface area contributed by atoms with Crippen LogP contribution in [0.1, 0.15) is 12.8 Å². The van der Waals surface area contributed by atoms with Gasteiger partial charge in [-0.15, -0.1) is 0 Å². The Morgan fingerprint density at radius 2 is 2.21 bits per heavy atom. The Labute approximate surface area is 138 Å². The summed E-state index contributed by atoms with van der Waals surface area (Å²) >= 11 is 0. The molecule has 130 valence electrons. The van der Waals surface area contributed by atoms with Crippen molar-refractivity contribution in [3.63, 3.8) is 0 Å². The van der Waals surface area contributed by atoms with Gasteiger partial charge < -0.3 is 19.9 Å². The fourth-order valence-corrected chi connectivity index (χ4v) is 4.66. The number of amides is 1. The van der Waals surface area contributed by atoms with Crippen molar-refractivity contribution in [1.29, 1.82) is 0 Å². The smallest absolute Gasteiger partial charge is 0.322 e. The minimum absolute atomic E-state index is 0.00980. The van der Waals surface area contributed by atoms with E-state index in [9.17, 15) is 23.1 Å². The average Bonchev–Trinajstić information content (AvgIpc) is 3.04. The Morgan fingerprint density at radius 3 is 2.88 bits per heavy atom. The summed E-state index contributed by atoms with van der Waals surface area (Å²) in [5.74, 6) is -1.34. The standard InChI is InChI=1S/C14H16N2O7S/c1-22-11-5-8-10(23-7-13(17)15-8)6-12(11)24(20,21)16-4-2-3-9(16)14(18)19/h5-6,9H,2-4,7H2,1H3,(H,15,17)(H,18,19)/t9-/m1/s1. The Balaban J connectivity index is 2.07. The van der Waals surface area contributed by atoms with E-state index in [0.29, 0.717) is 12.1 Å². The molecule has 2 aliphatic heterocycles. The molecule has 0 unspecified atom stereocenters. The minimum atomic E-state index is -4.09. The number of carbonyl (C=O) groups is 2. The Kier molecular flexibility index (Phi) is 4.10. The normalized spacial score (nSPS) is 20.9. The molecule has 1 fully saturated rings. The van der Waals surface area contributed by atoms with Gasteiger partial charge in [0.05, 0.1) is 12.8 Å². The van der Waals surface area contributed by atoms with Crippen LogP contribution in [0, 0.1) is 0 Å². The number of methoxy groups -OCH3 is 1. The molecule has 1 atom stereocenters. The number of nitrogens with zero attached hydrogens (tertiary/aromatic N) is 1. The number of ether oxygens (including phenoxy) is 2. The van der Waals surface area contributed by atoms with Crippen LogP contribution in [0.15, 0.2) is 17.0 Å². The maximum Gasteiger partial charge on any atom is 0.322 e. The second-order valence-corrected chi connectivity index (χ2v) is 7.31. The van der Waals surface area contributed by atoms with E-state index < -0.39 is 22.0 Å². The summed E-state index contributed by atoms with van der Waals surface area (Å²) in [7, 11) is -2.79. The molecule has 1 amide bonds. The molecule has 9 nitrogen and oxygen atoms in total. The number of carbonyl (C=O) groups excluding carboxylic acids is 1. The number of hydrogen-bond donors (Lipinski definition) is 2. The number of sulfonamides is 1. The lowest BCUT2D eigenvalue weighted by Gasteiger charge is -2.24. The molecule has 10 heteroatoms. The summed E-state index contributed by atoms with van der Waals surface area (Å²) in [5.41, 5.74) is 0.304. The van der Waals surface area contributed by atoms with Gasteiger partial charge in [-0.1, -0.05) is 0 Å². The van der Waals surface area contributed by atoms with Gasteiger partial charge in [0.15, 0.2) is 6.61 Å². The first-order valence-corrected chi connectivity index (χ1v) is 8.68. The van der Waals surface area contributed by atoms with E-state index in [1.54, 1.807) is 0 Å². The third kappa shape index (κ3) is 2.67. The van der Waals surface area contributed by atoms with Crippen LogP contribution in [-0.4, -0.2) is 56.0 Å². The van der Waals surface area contributed by atoms with E-state index in [1.807, 2.05) is 0 Å². The van der Waals surface area contributed by atoms with Crippen molar-refractivity contribution in [2.24, 2.45) is 0 Å². The van der Waals surface area contributed by atoms with Crippen LogP contribution in [0.2, 0.25) is 0 Å². The van der Waals surface area contributed by atoms with Crippen LogP contribution in [0.3, 0.4) is 0 Å². The lowest BCUT2D eigenvalue weighted by atomic mass is 10.2. The predicted molar refractivity (Wildman–Crippen MR) is 81.7 cm³/mol. The van der Waals surface area contributed by atoms with Crippen LogP contribution < -0.4 is 14.8 Å². The van der Waals surface area contributed by atoms with Crippen molar-refractivity contribution in [2.45, 2.75) is 23.8 Å². The zero-order valence-corrected chi connectivity index (χ0v) is 13.6. The highest BCUT2D eigenvalue weighted by molar-refractivity contribution is 7.89. The van der Waals surface area contributed by atoms with Gasteiger partial charge in [0, 0.05) is 18.7 Å². The van der Waals surface area contributed by atoms with Crippen molar-refractivity contribution in [3.05, 3.63) is 12.1 Å². The van der Waals surface area contributed by atoms with Gasteiger partial charge in [-0.05, 0) is 12.8 Å². The number of aliphatic carboxylic acids is 1. The maximum absolute atomic E-state index is 12.9. The maximum atomic E-state index is 12.9. The Bertz CT molecular complexity index is 806. The van der Waals surface area contributed by atoms with E-state index in [4.69, 9.17) is 9.47 Å². The van der Waals surface area contributed by atoms with Crippen molar-refractivity contribution in [3.8, 4) is 11.5 Å². The van der Waals surface area contributed by atoms with Crippen molar-refractivity contribution in [2.75, 3.05) is 25.6 Å². The molecule has 2 N–H and O–H groups in total. The lowest BCUT2D eigenvalue weighted by Crippen LogP contribution is -2.40. The largest absolute Gasteiger partial charge is 0.495 e. The molecule has 0 spiro atoms. The fourth-order valence-electron chi connectivity index (χ4n) is 2.85. The summed E-state index contributed by atoms with van der Waals surface area (Å²) in [4.78, 5) is 22.5. The Hall–Kier alpha value is -2.33. The molecular weight excluding hydrogens is 340 g/mol. The number of fused-ring (bicyclic) bond motifs is 1. The molecular formula is C14H16N2O7S. The molecule has 1 aromatic rings. The molecule has 0 aliphatic carbocycles. The molecule has 3 rings (SSSR count). The molecule has 0 bridgehead atoms. The van der Waals surface area contributed by atoms with E-state index in [0.717, 1.165) is 4.31 Å². The van der Waals surface area contributed by atoms with Gasteiger partial charge in [0.2, 0.25) is 10.0 Å². The molecule has 1 saturated heterocycles. The molecule has 24 heavy (non-hydrogen) atoms. The summed E-state index contributed by atoms with van der Waals surface area (Å²) in [6.45, 7) is -0.0998. The van der Waals surface area contributed by atoms with E-state index in [2.05, 4.69) is 5.32 Å². The number of nitrogens with one attached hydrogen (secondary N) is 1. The van der Waals surface area contributed by atoms with Crippen LogP contribution in [0.25, 0.3) is 0 Å². The zero-order valence-electron chi connectivity index (χ0n) is 12.8. The first-order chi connectivity index (χ1) is 11.3. The molecule has 0 saturated carbocycles. The van der Waals surface area contributed by atoms with Gasteiger partial charge in [-0.3, -0.25) is 9.59 Å². The minimum Gasteiger partial charge on any atom is -0.495 e. The molecule has 0 radical (unpaired) electrons. The van der Waals surface area contributed by atoms with Crippen LogP contribution >= 0.6 is 0 Å². The van der Waals surface area contributed by atoms with Crippen LogP contribution in [0.4, 0.5) is 5.69 Å². The van der Waals surface area contributed by atoms with Gasteiger partial charge >= 0.3 is 5.97 Å². The van der Waals surface area contributed by atoms with Gasteiger partial charge in [0.1, 0.15) is 22.4 Å². The van der Waals surface area contributed by atoms with Crippen molar-refractivity contribution in [1.82, 2.24) is 4.31 Å². The van der Waals surface area contributed by atoms with Crippen molar-refractivity contribution < 1.29 is 32.6 Å². The first kappa shape index (κ1) is 16.5. The number of carboxylic acids is 1. The van der Waals surface area contributed by atoms with Crippen molar-refractivity contribution >= 4 is 27.6 Å². The molecule has 1 aromatic carbocycles. The van der Waals surface area contributed by atoms with Crippen LogP contribution in [0.5, 0.6) is 11.5 Å². The van der Waals surface area contributed by atoms with Crippen LogP contribution in [-0.2, 0) is 19.6 Å². The topological polar surface area (TPSA) is 122 Å². The third-order valence-electron chi connectivity index (χ3n) is 3.97. The number of rotatable bonds is 4. The average molecular weight is 356 g/mol. The number of anilines is 1. The quantitative estimate of drug-likeness (QED) is 0.793. The second kappa shape index (κ2) is 5.95. The number of hydrogen-bond acceptors (Lipinski definition) is 6. The third-order valence-corrected chi connectivity index (χ3v) is 5.90. The highest BCUT2D eigenvalue weighted by Gasteiger charge is 2.41. The fraction of sp³-hybridized carbons (Fsp3) is 0.429. The van der Waals surface area contributed by atoms with Gasteiger partial charge in [-0.25, -0.2) is 8.42 Å². The van der Waals surface area contributed by atoms with E-state index >= 15 is 0 Å². The summed E-state index contributed by atoms with van der Waals surface area (Å²) in [6.07, 6.45) is 0.727. The first-order valence-electron chi connectivity index (χ1n) is 7.24. The zero-order chi connectivity index (χ0) is 17.5. The predicted octanol–water partition coefficient (Wildman–Crippen LogP) is 0.264. The highest BCUT2D eigenvalue weighted by atomic mass is 32.2. The molecule has 2 aliphatic rings. The summed E-state index contributed by atoms with van der Waals surface area (Å²) < 4.78 is 37.2. The summed E-state index contributed by atoms with van der Waals surface area (Å²) in [5, 5.41) is 11.8. The van der Waals surface area contributed by atoms with E-state index in [-0.39, 0.29) is 41.9 Å². The number of benzene rings is 1. The van der Waals surface area contributed by atoms with Gasteiger partial charge in [0.25, 0.3) is 5.91 Å². The molecule has 2 heterocycles. The number of carboxylic acid groups (broad SMARTS) is 1. The Morgan fingerprint density at radius 1 is 1.46 bits per heavy atom. The lowest BCUT2D eigenvalue weighted by molar-refractivity contribution is -0.140. The molecule has 0 aromatic heterocycles. The summed E-state index contributed by atoms with van der Waals surface area (Å²) in [6, 6.07) is 1.50. The SMILES string of the molecule is COc1cc2c(cc1S(=O)(=O)N1CCC[C@@H]1C(=O)O)OCC(=O)N2. The van der Waals surface area contributed by atoms with E-state index in [1.165, 1.54) is 19.2 Å². The monoisotopic (exact) mass is 356 g/mol. The van der Waals surface area contributed by atoms with Gasteiger partial charge in [-0.2, -0.15) is 4.31 Å². The second-order valence-electron chi connectivity index (χ2n) is 5.45. The highest BCUT2D eigenvalue weighted by Crippen LogP contribution is 2.39.